The molecule has 0 aromatic heterocycles. The summed E-state index contributed by atoms with van der Waals surface area (Å²) in [5, 5.41) is 23.3. The summed E-state index contributed by atoms with van der Waals surface area (Å²) in [6, 6.07) is 21.1. The molecule has 0 saturated heterocycles. The van der Waals surface area contributed by atoms with E-state index < -0.39 is 32.2 Å². The van der Waals surface area contributed by atoms with Gasteiger partial charge in [0.2, 0.25) is 0 Å². The van der Waals surface area contributed by atoms with Crippen molar-refractivity contribution in [3.8, 4) is 0 Å². The summed E-state index contributed by atoms with van der Waals surface area (Å²) in [5.41, 5.74) is -0.411. The Labute approximate surface area is 188 Å². The summed E-state index contributed by atoms with van der Waals surface area (Å²) in [4.78, 5) is 0. The van der Waals surface area contributed by atoms with Crippen LogP contribution in [-0.2, 0) is 9.16 Å². The monoisotopic (exact) mass is 442 g/mol. The minimum Gasteiger partial charge on any atom is -0.407 e. The van der Waals surface area contributed by atoms with Crippen LogP contribution in [-0.4, -0.2) is 49.1 Å². The van der Waals surface area contributed by atoms with Gasteiger partial charge in [-0.15, -0.1) is 0 Å². The van der Waals surface area contributed by atoms with E-state index in [-0.39, 0.29) is 11.0 Å². The van der Waals surface area contributed by atoms with Gasteiger partial charge >= 0.3 is 0 Å². The highest BCUT2D eigenvalue weighted by Gasteiger charge is 2.52. The van der Waals surface area contributed by atoms with Crippen molar-refractivity contribution in [1.82, 2.24) is 0 Å². The molecule has 5 heteroatoms. The Balaban J connectivity index is 2.00. The molecule has 31 heavy (non-hydrogen) atoms. The number of benzene rings is 2. The smallest absolute Gasteiger partial charge is 0.261 e. The minimum atomic E-state index is -2.67. The lowest BCUT2D eigenvalue weighted by atomic mass is 10.1. The van der Waals surface area contributed by atoms with Crippen molar-refractivity contribution in [2.24, 2.45) is 5.92 Å². The van der Waals surface area contributed by atoms with E-state index in [0.717, 1.165) is 0 Å². The van der Waals surface area contributed by atoms with Gasteiger partial charge in [0.1, 0.15) is 6.10 Å². The molecule has 2 aromatic rings. The van der Waals surface area contributed by atoms with Crippen LogP contribution in [0, 0.1) is 5.92 Å². The molecule has 0 bridgehead atoms. The molecule has 0 unspecified atom stereocenters. The SMILES string of the molecule is CC(C)(C)O[C@@H]1[C@H](CO[Si](c2ccccc2)(c2ccccc2)C(C)(C)C)C[C@H](O)[C@@H]1O. The molecule has 3 rings (SSSR count). The van der Waals surface area contributed by atoms with Crippen LogP contribution in [0.2, 0.25) is 5.04 Å². The zero-order valence-corrected chi connectivity index (χ0v) is 20.7. The maximum absolute atomic E-state index is 10.6. The molecule has 2 aromatic carbocycles. The van der Waals surface area contributed by atoms with Gasteiger partial charge in [0, 0.05) is 12.5 Å². The van der Waals surface area contributed by atoms with Crippen molar-refractivity contribution in [1.29, 1.82) is 0 Å². The van der Waals surface area contributed by atoms with Gasteiger partial charge in [-0.3, -0.25) is 0 Å². The van der Waals surface area contributed by atoms with Crippen molar-refractivity contribution >= 4 is 18.7 Å². The van der Waals surface area contributed by atoms with E-state index >= 15 is 0 Å². The Kier molecular flexibility index (Phi) is 7.14. The quantitative estimate of drug-likeness (QED) is 0.673. The van der Waals surface area contributed by atoms with Crippen LogP contribution < -0.4 is 10.4 Å². The van der Waals surface area contributed by atoms with Gasteiger partial charge in [-0.25, -0.2) is 0 Å². The molecule has 4 atom stereocenters. The van der Waals surface area contributed by atoms with Gasteiger partial charge in [0.15, 0.2) is 0 Å². The van der Waals surface area contributed by atoms with Crippen LogP contribution in [0.25, 0.3) is 0 Å². The number of hydrogen-bond acceptors (Lipinski definition) is 4. The molecule has 1 aliphatic carbocycles. The van der Waals surface area contributed by atoms with Crippen LogP contribution >= 0.6 is 0 Å². The second-order valence-corrected chi connectivity index (χ2v) is 15.0. The maximum Gasteiger partial charge on any atom is 0.261 e. The topological polar surface area (TPSA) is 58.9 Å². The molecule has 0 radical (unpaired) electrons. The zero-order chi connectivity index (χ0) is 22.9. The van der Waals surface area contributed by atoms with Gasteiger partial charge in [-0.1, -0.05) is 81.4 Å². The van der Waals surface area contributed by atoms with Gasteiger partial charge in [0.25, 0.3) is 8.32 Å². The highest BCUT2D eigenvalue weighted by molar-refractivity contribution is 6.99. The first-order valence-corrected chi connectivity index (χ1v) is 13.2. The number of aliphatic hydroxyl groups is 2. The molecule has 0 amide bonds. The largest absolute Gasteiger partial charge is 0.407 e. The second kappa shape index (κ2) is 9.16. The van der Waals surface area contributed by atoms with E-state index in [4.69, 9.17) is 9.16 Å². The van der Waals surface area contributed by atoms with E-state index in [0.29, 0.717) is 13.0 Å². The Morgan fingerprint density at radius 1 is 0.839 bits per heavy atom. The average Bonchev–Trinajstić information content (AvgIpc) is 2.95. The minimum absolute atomic E-state index is 0.0779. The number of hydrogen-bond donors (Lipinski definition) is 2. The molecule has 170 valence electrons. The van der Waals surface area contributed by atoms with Crippen molar-refractivity contribution in [3.05, 3.63) is 60.7 Å². The summed E-state index contributed by atoms with van der Waals surface area (Å²) >= 11 is 0. The second-order valence-electron chi connectivity index (χ2n) is 10.7. The summed E-state index contributed by atoms with van der Waals surface area (Å²) in [7, 11) is -2.67. The predicted octanol–water partition coefficient (Wildman–Crippen LogP) is 3.49. The first-order valence-electron chi connectivity index (χ1n) is 11.2. The molecule has 4 nitrogen and oxygen atoms in total. The zero-order valence-electron chi connectivity index (χ0n) is 19.7. The molecule has 1 fully saturated rings. The molecule has 2 N–H and O–H groups in total. The lowest BCUT2D eigenvalue weighted by Crippen LogP contribution is -2.67. The van der Waals surface area contributed by atoms with E-state index in [9.17, 15) is 10.2 Å². The Morgan fingerprint density at radius 3 is 1.74 bits per heavy atom. The van der Waals surface area contributed by atoms with E-state index in [1.165, 1.54) is 10.4 Å². The first kappa shape index (κ1) is 24.1. The highest BCUT2D eigenvalue weighted by atomic mass is 28.4. The van der Waals surface area contributed by atoms with Gasteiger partial charge in [-0.2, -0.15) is 0 Å². The van der Waals surface area contributed by atoms with Crippen LogP contribution in [0.3, 0.4) is 0 Å². The van der Waals surface area contributed by atoms with E-state index in [1.54, 1.807) is 0 Å². The fourth-order valence-corrected chi connectivity index (χ4v) is 9.43. The molecule has 1 saturated carbocycles. The van der Waals surface area contributed by atoms with Gasteiger partial charge in [0.05, 0.1) is 17.8 Å². The van der Waals surface area contributed by atoms with Gasteiger partial charge in [-0.05, 0) is 42.6 Å². The molecular formula is C26H38O4Si. The number of ether oxygens (including phenoxy) is 1. The molecule has 1 aliphatic rings. The molecule has 0 aliphatic heterocycles. The summed E-state index contributed by atoms with van der Waals surface area (Å²) in [6.07, 6.45) is -1.67. The predicted molar refractivity (Wildman–Crippen MR) is 128 cm³/mol. The Hall–Kier alpha value is -1.50. The van der Waals surface area contributed by atoms with Crippen molar-refractivity contribution in [2.75, 3.05) is 6.61 Å². The lowest BCUT2D eigenvalue weighted by molar-refractivity contribution is -0.129. The molecule has 0 spiro atoms. The van der Waals surface area contributed by atoms with Crippen molar-refractivity contribution in [3.63, 3.8) is 0 Å². The van der Waals surface area contributed by atoms with Crippen LogP contribution in [0.4, 0.5) is 0 Å². The standard InChI is InChI=1S/C26H38O4Si/c1-25(2,3)30-24-19(17-22(27)23(24)28)18-29-31(26(4,5)6,20-13-9-7-10-14-20)21-15-11-8-12-16-21/h7-16,19,22-24,27-28H,17-18H2,1-6H3/t19-,22-,23-,24+/m0/s1. The fourth-order valence-electron chi connectivity index (χ4n) is 4.81. The number of rotatable bonds is 6. The van der Waals surface area contributed by atoms with Crippen LogP contribution in [0.15, 0.2) is 60.7 Å². The average molecular weight is 443 g/mol. The fraction of sp³-hybridized carbons (Fsp3) is 0.538. The normalized spacial score (nSPS) is 25.0. The first-order chi connectivity index (χ1) is 14.5. The lowest BCUT2D eigenvalue weighted by Gasteiger charge is -2.44. The van der Waals surface area contributed by atoms with Crippen LogP contribution in [0.1, 0.15) is 48.0 Å². The molecule has 0 heterocycles. The van der Waals surface area contributed by atoms with Crippen molar-refractivity contribution < 1.29 is 19.4 Å². The summed E-state index contributed by atoms with van der Waals surface area (Å²) in [6.45, 7) is 13.1. The van der Waals surface area contributed by atoms with Crippen molar-refractivity contribution in [2.45, 2.75) is 76.9 Å². The van der Waals surface area contributed by atoms with E-state index in [2.05, 4.69) is 69.3 Å². The molecular weight excluding hydrogens is 404 g/mol. The third kappa shape index (κ3) is 5.12. The Morgan fingerprint density at radius 2 is 1.32 bits per heavy atom. The highest BCUT2D eigenvalue weighted by Crippen LogP contribution is 2.39. The Bertz CT molecular complexity index is 786. The van der Waals surface area contributed by atoms with Gasteiger partial charge < -0.3 is 19.4 Å². The number of aliphatic hydroxyl groups excluding tert-OH is 2. The maximum atomic E-state index is 10.6. The summed E-state index contributed by atoms with van der Waals surface area (Å²) in [5.74, 6) is -0.0779. The summed E-state index contributed by atoms with van der Waals surface area (Å²) < 4.78 is 13.2. The third-order valence-electron chi connectivity index (χ3n) is 6.16. The third-order valence-corrected chi connectivity index (χ3v) is 11.2. The van der Waals surface area contributed by atoms with Crippen LogP contribution in [0.5, 0.6) is 0 Å². The van der Waals surface area contributed by atoms with E-state index in [1.807, 2.05) is 32.9 Å².